The van der Waals surface area contributed by atoms with Gasteiger partial charge in [-0.25, -0.2) is 0 Å². The van der Waals surface area contributed by atoms with Gasteiger partial charge in [0.15, 0.2) is 0 Å². The number of nitrogens with zero attached hydrogens (tertiary/aromatic N) is 3. The summed E-state index contributed by atoms with van der Waals surface area (Å²) in [5.41, 5.74) is 2.19. The van der Waals surface area contributed by atoms with E-state index in [-0.39, 0.29) is 5.41 Å². The van der Waals surface area contributed by atoms with Gasteiger partial charge in [0.2, 0.25) is 0 Å². The van der Waals surface area contributed by atoms with E-state index in [1.807, 2.05) is 12.1 Å². The van der Waals surface area contributed by atoms with Crippen LogP contribution in [0.2, 0.25) is 0 Å². The van der Waals surface area contributed by atoms with Gasteiger partial charge in [0.05, 0.1) is 11.4 Å². The molecule has 2 rings (SSSR count). The molecular formula is C12H18N4. The highest BCUT2D eigenvalue weighted by Crippen LogP contribution is 2.22. The first-order valence-corrected chi connectivity index (χ1v) is 5.58. The highest BCUT2D eigenvalue weighted by molar-refractivity contribution is 5.17. The van der Waals surface area contributed by atoms with Gasteiger partial charge in [0, 0.05) is 30.8 Å². The van der Waals surface area contributed by atoms with Gasteiger partial charge in [0.25, 0.3) is 0 Å². The molecule has 2 heterocycles. The zero-order valence-electron chi connectivity index (χ0n) is 10.1. The van der Waals surface area contributed by atoms with E-state index < -0.39 is 0 Å². The van der Waals surface area contributed by atoms with Crippen LogP contribution in [-0.4, -0.2) is 20.0 Å². The molecule has 0 aliphatic carbocycles. The topological polar surface area (TPSA) is 46.5 Å². The van der Waals surface area contributed by atoms with Crippen molar-refractivity contribution in [2.24, 2.45) is 0 Å². The molecule has 2 aromatic rings. The molecule has 0 amide bonds. The van der Waals surface area contributed by atoms with Crippen LogP contribution in [0, 0.1) is 0 Å². The minimum absolute atomic E-state index is 0.0546. The Hall–Kier alpha value is -1.58. The van der Waals surface area contributed by atoms with E-state index in [1.165, 1.54) is 0 Å². The number of hydrogen-bond donors (Lipinski definition) is 1. The van der Waals surface area contributed by atoms with E-state index >= 15 is 0 Å². The molecule has 0 saturated carbocycles. The van der Waals surface area contributed by atoms with Gasteiger partial charge in [-0.2, -0.15) is 15.4 Å². The Bertz CT molecular complexity index is 434. The van der Waals surface area contributed by atoms with Crippen molar-refractivity contribution in [1.82, 2.24) is 20.0 Å². The van der Waals surface area contributed by atoms with Crippen LogP contribution in [0.5, 0.6) is 0 Å². The molecular weight excluding hydrogens is 200 g/mol. The van der Waals surface area contributed by atoms with Crippen molar-refractivity contribution >= 4 is 0 Å². The Morgan fingerprint density at radius 2 is 1.88 bits per heavy atom. The monoisotopic (exact) mass is 218 g/mol. The van der Waals surface area contributed by atoms with Crippen molar-refractivity contribution in [3.8, 4) is 0 Å². The lowest BCUT2D eigenvalue weighted by molar-refractivity contribution is 0.555. The van der Waals surface area contributed by atoms with E-state index in [9.17, 15) is 0 Å². The summed E-state index contributed by atoms with van der Waals surface area (Å²) in [6, 6.07) is 4.07. The summed E-state index contributed by atoms with van der Waals surface area (Å²) in [4.78, 5) is 0. The minimum atomic E-state index is 0.0546. The number of H-pyrrole nitrogens is 1. The molecule has 0 atom stereocenters. The van der Waals surface area contributed by atoms with Gasteiger partial charge in [-0.05, 0) is 12.1 Å². The normalized spacial score (nSPS) is 11.9. The first kappa shape index (κ1) is 10.9. The van der Waals surface area contributed by atoms with Crippen LogP contribution in [0.3, 0.4) is 0 Å². The van der Waals surface area contributed by atoms with Crippen LogP contribution < -0.4 is 0 Å². The molecule has 1 N–H and O–H groups in total. The van der Waals surface area contributed by atoms with Gasteiger partial charge < -0.3 is 4.57 Å². The van der Waals surface area contributed by atoms with Crippen molar-refractivity contribution < 1.29 is 0 Å². The molecule has 0 aromatic carbocycles. The van der Waals surface area contributed by atoms with E-state index in [0.29, 0.717) is 0 Å². The Kier molecular flexibility index (Phi) is 2.81. The maximum atomic E-state index is 4.24. The first-order valence-electron chi connectivity index (χ1n) is 5.58. The smallest absolute Gasteiger partial charge is 0.0910 e. The van der Waals surface area contributed by atoms with Gasteiger partial charge in [-0.1, -0.05) is 20.8 Å². The quantitative estimate of drug-likeness (QED) is 0.858. The Labute approximate surface area is 95.7 Å². The molecule has 4 heteroatoms. The minimum Gasteiger partial charge on any atom is -0.354 e. The maximum absolute atomic E-state index is 4.24. The highest BCUT2D eigenvalue weighted by Gasteiger charge is 2.21. The number of hydrogen-bond acceptors (Lipinski definition) is 2. The second kappa shape index (κ2) is 4.12. The third-order valence-corrected chi connectivity index (χ3v) is 2.60. The number of aromatic nitrogens is 4. The van der Waals surface area contributed by atoms with Crippen molar-refractivity contribution in [2.45, 2.75) is 39.2 Å². The summed E-state index contributed by atoms with van der Waals surface area (Å²) >= 11 is 0. The average Bonchev–Trinajstić information content (AvgIpc) is 2.85. The molecule has 16 heavy (non-hydrogen) atoms. The molecule has 86 valence electrons. The third-order valence-electron chi connectivity index (χ3n) is 2.60. The van der Waals surface area contributed by atoms with E-state index in [0.717, 1.165) is 24.4 Å². The molecule has 4 nitrogen and oxygen atoms in total. The van der Waals surface area contributed by atoms with Gasteiger partial charge in [0.1, 0.15) is 0 Å². The summed E-state index contributed by atoms with van der Waals surface area (Å²) in [6.45, 7) is 7.42. The van der Waals surface area contributed by atoms with E-state index in [2.05, 4.69) is 53.1 Å². The fourth-order valence-corrected chi connectivity index (χ4v) is 1.78. The number of aryl methyl sites for hydroxylation is 2. The predicted octanol–water partition coefficient (Wildman–Crippen LogP) is 2.15. The summed E-state index contributed by atoms with van der Waals surface area (Å²) in [5.74, 6) is 0. The van der Waals surface area contributed by atoms with Crippen molar-refractivity contribution in [2.75, 3.05) is 0 Å². The van der Waals surface area contributed by atoms with Crippen molar-refractivity contribution in [1.29, 1.82) is 0 Å². The summed E-state index contributed by atoms with van der Waals surface area (Å²) < 4.78 is 2.15. The Balaban J connectivity index is 2.08. The number of rotatable bonds is 3. The van der Waals surface area contributed by atoms with Gasteiger partial charge in [-0.3, -0.25) is 0 Å². The zero-order chi connectivity index (χ0) is 11.6. The summed E-state index contributed by atoms with van der Waals surface area (Å²) in [7, 11) is 0. The number of nitrogens with one attached hydrogen (secondary N) is 1. The second-order valence-electron chi connectivity index (χ2n) is 5.04. The molecule has 0 spiro atoms. The third kappa shape index (κ3) is 2.32. The molecule has 0 aliphatic rings. The zero-order valence-corrected chi connectivity index (χ0v) is 10.1. The molecule has 0 unspecified atom stereocenters. The van der Waals surface area contributed by atoms with E-state index in [1.54, 1.807) is 0 Å². The van der Waals surface area contributed by atoms with Crippen LogP contribution in [0.25, 0.3) is 0 Å². The predicted molar refractivity (Wildman–Crippen MR) is 63.2 cm³/mol. The van der Waals surface area contributed by atoms with Crippen LogP contribution in [0.4, 0.5) is 0 Å². The molecule has 0 fully saturated rings. The number of aromatic amines is 1. The first-order chi connectivity index (χ1) is 7.57. The Morgan fingerprint density at radius 3 is 2.50 bits per heavy atom. The van der Waals surface area contributed by atoms with Crippen LogP contribution in [0.15, 0.2) is 24.5 Å². The van der Waals surface area contributed by atoms with Crippen LogP contribution in [0.1, 0.15) is 32.2 Å². The molecule has 0 bridgehead atoms. The average molecular weight is 218 g/mol. The Morgan fingerprint density at radius 1 is 1.19 bits per heavy atom. The van der Waals surface area contributed by atoms with Gasteiger partial charge in [-0.15, -0.1) is 0 Å². The largest absolute Gasteiger partial charge is 0.354 e. The van der Waals surface area contributed by atoms with Crippen molar-refractivity contribution in [3.63, 3.8) is 0 Å². The van der Waals surface area contributed by atoms with E-state index in [4.69, 9.17) is 0 Å². The maximum Gasteiger partial charge on any atom is 0.0910 e. The fourth-order valence-electron chi connectivity index (χ4n) is 1.78. The molecule has 0 saturated heterocycles. The van der Waals surface area contributed by atoms with Crippen LogP contribution >= 0.6 is 0 Å². The summed E-state index contributed by atoms with van der Waals surface area (Å²) in [6.07, 6.45) is 5.05. The standard InChI is InChI=1S/C12H18N4/c1-12(2,3)11-10(13-15-14-11)6-9-16-7-4-5-8-16/h4-5,7-8H,6,9H2,1-3H3,(H,13,14,15). The highest BCUT2D eigenvalue weighted by atomic mass is 15.3. The summed E-state index contributed by atoms with van der Waals surface area (Å²) in [5, 5.41) is 11.2. The molecule has 2 aromatic heterocycles. The lowest BCUT2D eigenvalue weighted by atomic mass is 9.90. The molecule has 0 aliphatic heterocycles. The van der Waals surface area contributed by atoms with Gasteiger partial charge >= 0.3 is 0 Å². The fraction of sp³-hybridized carbons (Fsp3) is 0.500. The second-order valence-corrected chi connectivity index (χ2v) is 5.04. The lowest BCUT2D eigenvalue weighted by Crippen LogP contribution is -2.15. The van der Waals surface area contributed by atoms with Crippen molar-refractivity contribution in [3.05, 3.63) is 35.9 Å². The van der Waals surface area contributed by atoms with Crippen LogP contribution in [-0.2, 0) is 18.4 Å². The molecule has 0 radical (unpaired) electrons. The lowest BCUT2D eigenvalue weighted by Gasteiger charge is -2.16. The SMILES string of the molecule is CC(C)(C)c1n[nH]nc1CCn1cccc1.